The Labute approximate surface area is 121 Å². The molecule has 0 spiro atoms. The van der Waals surface area contributed by atoms with Gasteiger partial charge in [0.25, 0.3) is 0 Å². The van der Waals surface area contributed by atoms with Gasteiger partial charge in [0, 0.05) is 12.3 Å². The zero-order valence-electron chi connectivity index (χ0n) is 11.8. The largest absolute Gasteiger partial charge is 0.493 e. The van der Waals surface area contributed by atoms with Crippen molar-refractivity contribution in [3.8, 4) is 5.75 Å². The van der Waals surface area contributed by atoms with Crippen LogP contribution in [-0.2, 0) is 12.8 Å². The van der Waals surface area contributed by atoms with E-state index in [4.69, 9.17) is 16.3 Å². The fourth-order valence-electron chi connectivity index (χ4n) is 2.41. The summed E-state index contributed by atoms with van der Waals surface area (Å²) in [6.07, 6.45) is 4.59. The van der Waals surface area contributed by atoms with Gasteiger partial charge >= 0.3 is 0 Å². The van der Waals surface area contributed by atoms with Crippen LogP contribution in [0, 0.1) is 5.92 Å². The Bertz CT molecular complexity index is 394. The number of rotatable bonds is 8. The molecule has 0 aromatic heterocycles. The molecule has 2 nitrogen and oxygen atoms in total. The molecule has 1 N–H and O–H groups in total. The topological polar surface area (TPSA) is 21.3 Å². The Kier molecular flexibility index (Phi) is 5.99. The van der Waals surface area contributed by atoms with Crippen molar-refractivity contribution in [1.29, 1.82) is 0 Å². The summed E-state index contributed by atoms with van der Waals surface area (Å²) in [6.45, 7) is 5.19. The molecule has 19 heavy (non-hydrogen) atoms. The number of hydrogen-bond donors (Lipinski definition) is 1. The molecule has 1 aliphatic heterocycles. The quantitative estimate of drug-likeness (QED) is 0.582. The summed E-state index contributed by atoms with van der Waals surface area (Å²) >= 11 is 5.79. The van der Waals surface area contributed by atoms with Crippen molar-refractivity contribution >= 4 is 11.6 Å². The predicted octanol–water partition coefficient (Wildman–Crippen LogP) is 3.41. The van der Waals surface area contributed by atoms with E-state index >= 15 is 0 Å². The van der Waals surface area contributed by atoms with Gasteiger partial charge in [-0.1, -0.05) is 19.1 Å². The molecule has 1 aromatic carbocycles. The minimum Gasteiger partial charge on any atom is -0.493 e. The van der Waals surface area contributed by atoms with Crippen LogP contribution in [-0.4, -0.2) is 25.6 Å². The van der Waals surface area contributed by atoms with Crippen LogP contribution >= 0.6 is 11.6 Å². The van der Waals surface area contributed by atoms with Crippen molar-refractivity contribution in [2.24, 2.45) is 5.92 Å². The first kappa shape index (κ1) is 14.7. The highest BCUT2D eigenvalue weighted by atomic mass is 35.5. The fourth-order valence-corrected chi connectivity index (χ4v) is 2.56. The second-order valence-corrected chi connectivity index (χ2v) is 5.75. The summed E-state index contributed by atoms with van der Waals surface area (Å²) in [5.74, 6) is 2.49. The lowest BCUT2D eigenvalue weighted by Crippen LogP contribution is -2.19. The van der Waals surface area contributed by atoms with Crippen LogP contribution in [0.5, 0.6) is 5.75 Å². The SMILES string of the molecule is CC(CCl)CCCNCCc1ccc2c(c1)CCO2. The van der Waals surface area contributed by atoms with Gasteiger partial charge in [-0.05, 0) is 55.5 Å². The summed E-state index contributed by atoms with van der Waals surface area (Å²) in [4.78, 5) is 0. The maximum atomic E-state index is 5.79. The zero-order chi connectivity index (χ0) is 13.5. The Morgan fingerprint density at radius 3 is 3.11 bits per heavy atom. The third kappa shape index (κ3) is 4.70. The summed E-state index contributed by atoms with van der Waals surface area (Å²) < 4.78 is 5.52. The molecule has 1 heterocycles. The molecule has 1 aromatic rings. The highest BCUT2D eigenvalue weighted by Gasteiger charge is 2.11. The number of alkyl halides is 1. The van der Waals surface area contributed by atoms with E-state index < -0.39 is 0 Å². The molecule has 0 radical (unpaired) electrons. The first-order chi connectivity index (χ1) is 9.29. The average Bonchev–Trinajstić information content (AvgIpc) is 2.89. The molecule has 0 amide bonds. The lowest BCUT2D eigenvalue weighted by Gasteiger charge is -2.08. The van der Waals surface area contributed by atoms with Gasteiger partial charge in [-0.25, -0.2) is 0 Å². The van der Waals surface area contributed by atoms with Crippen molar-refractivity contribution in [2.45, 2.75) is 32.6 Å². The van der Waals surface area contributed by atoms with Gasteiger partial charge in [0.1, 0.15) is 5.75 Å². The number of hydrogen-bond acceptors (Lipinski definition) is 2. The maximum absolute atomic E-state index is 5.79. The van der Waals surface area contributed by atoms with Crippen LogP contribution in [0.4, 0.5) is 0 Å². The Morgan fingerprint density at radius 1 is 1.37 bits per heavy atom. The van der Waals surface area contributed by atoms with E-state index in [1.807, 2.05) is 0 Å². The first-order valence-corrected chi connectivity index (χ1v) is 7.84. The minimum absolute atomic E-state index is 0.639. The van der Waals surface area contributed by atoms with Gasteiger partial charge in [-0.3, -0.25) is 0 Å². The Morgan fingerprint density at radius 2 is 2.26 bits per heavy atom. The van der Waals surface area contributed by atoms with E-state index in [0.29, 0.717) is 5.92 Å². The third-order valence-electron chi connectivity index (χ3n) is 3.66. The average molecular weight is 282 g/mol. The summed E-state index contributed by atoms with van der Waals surface area (Å²) in [7, 11) is 0. The molecule has 1 aliphatic rings. The molecular formula is C16H24ClNO. The number of halogens is 1. The van der Waals surface area contributed by atoms with Crippen molar-refractivity contribution in [2.75, 3.05) is 25.6 Å². The molecule has 106 valence electrons. The van der Waals surface area contributed by atoms with Crippen molar-refractivity contribution < 1.29 is 4.74 Å². The van der Waals surface area contributed by atoms with E-state index in [1.165, 1.54) is 24.0 Å². The maximum Gasteiger partial charge on any atom is 0.122 e. The van der Waals surface area contributed by atoms with Crippen molar-refractivity contribution in [1.82, 2.24) is 5.32 Å². The van der Waals surface area contributed by atoms with Gasteiger partial charge < -0.3 is 10.1 Å². The molecule has 0 fully saturated rings. The number of ether oxygens (including phenoxy) is 1. The smallest absolute Gasteiger partial charge is 0.122 e. The lowest BCUT2D eigenvalue weighted by molar-refractivity contribution is 0.357. The van der Waals surface area contributed by atoms with Crippen LogP contribution < -0.4 is 10.1 Å². The van der Waals surface area contributed by atoms with Gasteiger partial charge in [-0.15, -0.1) is 11.6 Å². The third-order valence-corrected chi connectivity index (χ3v) is 4.19. The normalized spacial score (nSPS) is 15.1. The molecule has 1 unspecified atom stereocenters. The number of benzene rings is 1. The number of fused-ring (bicyclic) bond motifs is 1. The van der Waals surface area contributed by atoms with E-state index in [9.17, 15) is 0 Å². The highest BCUT2D eigenvalue weighted by molar-refractivity contribution is 6.18. The van der Waals surface area contributed by atoms with Gasteiger partial charge in [0.2, 0.25) is 0 Å². The molecule has 3 heteroatoms. The fraction of sp³-hybridized carbons (Fsp3) is 0.625. The molecule has 2 rings (SSSR count). The first-order valence-electron chi connectivity index (χ1n) is 7.31. The molecule has 0 bridgehead atoms. The van der Waals surface area contributed by atoms with E-state index in [2.05, 4.69) is 30.4 Å². The van der Waals surface area contributed by atoms with Crippen LogP contribution in [0.2, 0.25) is 0 Å². The predicted molar refractivity (Wildman–Crippen MR) is 81.3 cm³/mol. The second kappa shape index (κ2) is 7.76. The molecule has 1 atom stereocenters. The Hall–Kier alpha value is -0.730. The van der Waals surface area contributed by atoms with E-state index in [1.54, 1.807) is 0 Å². The van der Waals surface area contributed by atoms with Crippen LogP contribution in [0.3, 0.4) is 0 Å². The molecule has 0 saturated carbocycles. The van der Waals surface area contributed by atoms with Gasteiger partial charge in [-0.2, -0.15) is 0 Å². The molecule has 0 saturated heterocycles. The minimum atomic E-state index is 0.639. The summed E-state index contributed by atoms with van der Waals surface area (Å²) in [6, 6.07) is 6.58. The van der Waals surface area contributed by atoms with Crippen LogP contribution in [0.25, 0.3) is 0 Å². The lowest BCUT2D eigenvalue weighted by atomic mass is 10.1. The monoisotopic (exact) mass is 281 g/mol. The van der Waals surface area contributed by atoms with Gasteiger partial charge in [0.15, 0.2) is 0 Å². The second-order valence-electron chi connectivity index (χ2n) is 5.44. The molecular weight excluding hydrogens is 258 g/mol. The van der Waals surface area contributed by atoms with E-state index in [0.717, 1.165) is 44.2 Å². The summed E-state index contributed by atoms with van der Waals surface area (Å²) in [5, 5.41) is 3.51. The molecule has 0 aliphatic carbocycles. The van der Waals surface area contributed by atoms with Crippen LogP contribution in [0.15, 0.2) is 18.2 Å². The van der Waals surface area contributed by atoms with Crippen molar-refractivity contribution in [3.63, 3.8) is 0 Å². The highest BCUT2D eigenvalue weighted by Crippen LogP contribution is 2.25. The zero-order valence-corrected chi connectivity index (χ0v) is 12.5. The van der Waals surface area contributed by atoms with Crippen LogP contribution in [0.1, 0.15) is 30.9 Å². The standard InChI is InChI=1S/C16H24ClNO/c1-13(12-17)3-2-8-18-9-6-14-4-5-16-15(11-14)7-10-19-16/h4-5,11,13,18H,2-3,6-10,12H2,1H3. The Balaban J connectivity index is 1.61. The summed E-state index contributed by atoms with van der Waals surface area (Å²) in [5.41, 5.74) is 2.78. The number of nitrogens with one attached hydrogen (secondary N) is 1. The van der Waals surface area contributed by atoms with Crippen molar-refractivity contribution in [3.05, 3.63) is 29.3 Å². The van der Waals surface area contributed by atoms with E-state index in [-0.39, 0.29) is 0 Å². The van der Waals surface area contributed by atoms with Gasteiger partial charge in [0.05, 0.1) is 6.61 Å².